The summed E-state index contributed by atoms with van der Waals surface area (Å²) in [6, 6.07) is 5.09. The molecule has 0 heterocycles. The minimum absolute atomic E-state index is 0.516. The van der Waals surface area contributed by atoms with Crippen molar-refractivity contribution in [3.8, 4) is 11.5 Å². The maximum Gasteiger partial charge on any atom is 0.315 e. The maximum absolute atomic E-state index is 11.3. The third kappa shape index (κ3) is 3.16. The Morgan fingerprint density at radius 2 is 2.12 bits per heavy atom. The minimum atomic E-state index is -1.70. The van der Waals surface area contributed by atoms with Gasteiger partial charge in [0.1, 0.15) is 11.5 Å². The first-order valence-corrected chi connectivity index (χ1v) is 5.47. The van der Waals surface area contributed by atoms with Crippen molar-refractivity contribution in [3.05, 3.63) is 31.0 Å². The van der Waals surface area contributed by atoms with Crippen molar-refractivity contribution in [2.24, 2.45) is 0 Å². The van der Waals surface area contributed by atoms with Gasteiger partial charge in [-0.2, -0.15) is 4.21 Å². The molecule has 0 spiro atoms. The third-order valence-corrected chi connectivity index (χ3v) is 2.45. The summed E-state index contributed by atoms with van der Waals surface area (Å²) in [5.41, 5.74) is 0.516. The van der Waals surface area contributed by atoms with E-state index < -0.39 is 11.3 Å². The molecule has 0 aliphatic rings. The van der Waals surface area contributed by atoms with Gasteiger partial charge in [-0.25, -0.2) is 0 Å². The van der Waals surface area contributed by atoms with E-state index in [4.69, 9.17) is 9.47 Å². The Kier molecular flexibility index (Phi) is 4.65. The van der Waals surface area contributed by atoms with E-state index in [1.807, 2.05) is 0 Å². The molecule has 0 saturated carbocycles. The van der Waals surface area contributed by atoms with Crippen LogP contribution in [0.5, 0.6) is 11.5 Å². The summed E-state index contributed by atoms with van der Waals surface area (Å²) in [7, 11) is 3.06. The lowest BCUT2D eigenvalue weighted by Crippen LogP contribution is -2.06. The average molecular weight is 243 g/mol. The number of hydrogen-bond donors (Lipinski definition) is 1. The van der Waals surface area contributed by atoms with Crippen LogP contribution < -0.4 is 14.2 Å². The molecule has 1 aromatic rings. The Hall–Kier alpha value is -1.69. The van der Waals surface area contributed by atoms with E-state index in [0.29, 0.717) is 17.2 Å². The van der Waals surface area contributed by atoms with Gasteiger partial charge in [0.25, 0.3) is 0 Å². The number of benzene rings is 1. The van der Waals surface area contributed by atoms with Gasteiger partial charge in [0.15, 0.2) is 0 Å². The van der Waals surface area contributed by atoms with Gasteiger partial charge in [-0.1, -0.05) is 6.58 Å². The SMILES string of the molecule is C=COS(=O)Nc1cc(OC)ccc1OC. The number of ether oxygens (including phenoxy) is 2. The van der Waals surface area contributed by atoms with Crippen molar-refractivity contribution in [1.29, 1.82) is 0 Å². The number of nitrogens with one attached hydrogen (secondary N) is 1. The smallest absolute Gasteiger partial charge is 0.315 e. The highest BCUT2D eigenvalue weighted by atomic mass is 32.2. The quantitative estimate of drug-likeness (QED) is 0.775. The van der Waals surface area contributed by atoms with E-state index in [1.54, 1.807) is 25.3 Å². The zero-order chi connectivity index (χ0) is 12.0. The van der Waals surface area contributed by atoms with Gasteiger partial charge in [-0.15, -0.1) is 0 Å². The first-order valence-electron chi connectivity index (χ1n) is 4.39. The van der Waals surface area contributed by atoms with Crippen LogP contribution in [0, 0.1) is 0 Å². The molecule has 1 aromatic carbocycles. The van der Waals surface area contributed by atoms with Crippen molar-refractivity contribution in [2.45, 2.75) is 0 Å². The van der Waals surface area contributed by atoms with E-state index in [2.05, 4.69) is 15.5 Å². The van der Waals surface area contributed by atoms with Crippen LogP contribution in [0.15, 0.2) is 31.0 Å². The molecule has 0 aliphatic heterocycles. The lowest BCUT2D eigenvalue weighted by molar-refractivity contribution is 0.405. The molecule has 0 saturated heterocycles. The zero-order valence-corrected chi connectivity index (χ0v) is 9.87. The normalized spacial score (nSPS) is 11.4. The Morgan fingerprint density at radius 3 is 2.69 bits per heavy atom. The summed E-state index contributed by atoms with van der Waals surface area (Å²) >= 11 is -1.70. The van der Waals surface area contributed by atoms with Crippen LogP contribution in [-0.4, -0.2) is 18.4 Å². The van der Waals surface area contributed by atoms with Gasteiger partial charge in [-0.3, -0.25) is 4.72 Å². The van der Waals surface area contributed by atoms with Crippen LogP contribution in [0.1, 0.15) is 0 Å². The molecular formula is C10H13NO4S. The molecule has 0 amide bonds. The highest BCUT2D eigenvalue weighted by Crippen LogP contribution is 2.29. The van der Waals surface area contributed by atoms with Gasteiger partial charge in [0.2, 0.25) is 0 Å². The van der Waals surface area contributed by atoms with Gasteiger partial charge in [0, 0.05) is 6.07 Å². The van der Waals surface area contributed by atoms with Gasteiger partial charge < -0.3 is 13.7 Å². The second kappa shape index (κ2) is 6.02. The third-order valence-electron chi connectivity index (χ3n) is 1.76. The predicted octanol–water partition coefficient (Wildman–Crippen LogP) is 1.85. The van der Waals surface area contributed by atoms with Crippen LogP contribution in [0.2, 0.25) is 0 Å². The molecule has 88 valence electrons. The fourth-order valence-electron chi connectivity index (χ4n) is 1.07. The number of hydrogen-bond acceptors (Lipinski definition) is 4. The highest BCUT2D eigenvalue weighted by molar-refractivity contribution is 7.81. The average Bonchev–Trinajstić information content (AvgIpc) is 2.29. The first kappa shape index (κ1) is 12.4. The molecule has 0 aromatic heterocycles. The molecule has 1 atom stereocenters. The fourth-order valence-corrected chi connectivity index (χ4v) is 1.58. The Morgan fingerprint density at radius 1 is 1.38 bits per heavy atom. The molecule has 0 radical (unpaired) electrons. The standard InChI is InChI=1S/C10H13NO4S/c1-4-15-16(12)11-9-7-8(13-2)5-6-10(9)14-3/h4-7,11H,1H2,2-3H3. The summed E-state index contributed by atoms with van der Waals surface area (Å²) < 4.78 is 28.7. The lowest BCUT2D eigenvalue weighted by Gasteiger charge is -2.10. The van der Waals surface area contributed by atoms with Crippen LogP contribution in [0.4, 0.5) is 5.69 Å². The molecule has 5 nitrogen and oxygen atoms in total. The highest BCUT2D eigenvalue weighted by Gasteiger charge is 2.07. The van der Waals surface area contributed by atoms with Crippen molar-refractivity contribution < 1.29 is 17.9 Å². The summed E-state index contributed by atoms with van der Waals surface area (Å²) in [5.74, 6) is 1.17. The topological polar surface area (TPSA) is 56.8 Å². The molecule has 0 fully saturated rings. The Bertz CT molecular complexity index is 394. The van der Waals surface area contributed by atoms with Crippen molar-refractivity contribution in [3.63, 3.8) is 0 Å². The zero-order valence-electron chi connectivity index (χ0n) is 9.06. The van der Waals surface area contributed by atoms with Crippen molar-refractivity contribution in [1.82, 2.24) is 0 Å². The first-order chi connectivity index (χ1) is 7.71. The fraction of sp³-hybridized carbons (Fsp3) is 0.200. The minimum Gasteiger partial charge on any atom is -0.497 e. The van der Waals surface area contributed by atoms with E-state index in [-0.39, 0.29) is 0 Å². The number of methoxy groups -OCH3 is 2. The molecule has 6 heteroatoms. The molecule has 16 heavy (non-hydrogen) atoms. The van der Waals surface area contributed by atoms with Crippen molar-refractivity contribution in [2.75, 3.05) is 18.9 Å². The maximum atomic E-state index is 11.3. The largest absolute Gasteiger partial charge is 0.497 e. The van der Waals surface area contributed by atoms with Crippen LogP contribution >= 0.6 is 0 Å². The van der Waals surface area contributed by atoms with E-state index in [0.717, 1.165) is 6.26 Å². The second-order valence-electron chi connectivity index (χ2n) is 2.67. The molecule has 0 aliphatic carbocycles. The van der Waals surface area contributed by atoms with E-state index in [9.17, 15) is 4.21 Å². The van der Waals surface area contributed by atoms with Gasteiger partial charge in [-0.05, 0) is 12.1 Å². The van der Waals surface area contributed by atoms with Crippen LogP contribution in [0.25, 0.3) is 0 Å². The Labute approximate surface area is 96.8 Å². The predicted molar refractivity (Wildman–Crippen MR) is 62.6 cm³/mol. The van der Waals surface area contributed by atoms with Crippen LogP contribution in [-0.2, 0) is 15.4 Å². The summed E-state index contributed by atoms with van der Waals surface area (Å²) in [6.07, 6.45) is 1.09. The molecule has 1 unspecified atom stereocenters. The van der Waals surface area contributed by atoms with Crippen LogP contribution in [0.3, 0.4) is 0 Å². The molecular weight excluding hydrogens is 230 g/mol. The van der Waals surface area contributed by atoms with Gasteiger partial charge in [0.05, 0.1) is 26.2 Å². The number of anilines is 1. The van der Waals surface area contributed by atoms with E-state index >= 15 is 0 Å². The number of rotatable bonds is 6. The molecule has 1 N–H and O–H groups in total. The monoisotopic (exact) mass is 243 g/mol. The summed E-state index contributed by atoms with van der Waals surface area (Å²) in [6.45, 7) is 3.31. The lowest BCUT2D eigenvalue weighted by atomic mass is 10.3. The van der Waals surface area contributed by atoms with E-state index in [1.165, 1.54) is 7.11 Å². The molecule has 1 rings (SSSR count). The summed E-state index contributed by atoms with van der Waals surface area (Å²) in [5, 5.41) is 0. The second-order valence-corrected chi connectivity index (χ2v) is 3.53. The van der Waals surface area contributed by atoms with Gasteiger partial charge >= 0.3 is 11.3 Å². The summed E-state index contributed by atoms with van der Waals surface area (Å²) in [4.78, 5) is 0. The Balaban J connectivity index is 2.90. The van der Waals surface area contributed by atoms with Crippen molar-refractivity contribution >= 4 is 17.0 Å². The molecule has 0 bridgehead atoms.